The highest BCUT2D eigenvalue weighted by molar-refractivity contribution is 7.90. The Balaban J connectivity index is 1.34. The summed E-state index contributed by atoms with van der Waals surface area (Å²) < 4.78 is 28.4. The highest BCUT2D eigenvalue weighted by Crippen LogP contribution is 2.34. The summed E-state index contributed by atoms with van der Waals surface area (Å²) in [4.78, 5) is 24.8. The summed E-state index contributed by atoms with van der Waals surface area (Å²) in [6.07, 6.45) is 4.83. The molecule has 3 heterocycles. The molecule has 0 saturated carbocycles. The van der Waals surface area contributed by atoms with Crippen LogP contribution in [0.2, 0.25) is 0 Å². The lowest BCUT2D eigenvalue weighted by molar-refractivity contribution is 0.102. The zero-order chi connectivity index (χ0) is 22.9. The summed E-state index contributed by atoms with van der Waals surface area (Å²) in [5, 5.41) is 7.42. The molecular formula is C21H25N5O4S2. The Morgan fingerprint density at radius 1 is 1.22 bits per heavy atom. The number of piperidine rings is 1. The minimum Gasteiger partial charge on any atom is -0.338 e. The van der Waals surface area contributed by atoms with E-state index in [1.807, 2.05) is 20.0 Å². The van der Waals surface area contributed by atoms with E-state index in [9.17, 15) is 13.2 Å². The van der Waals surface area contributed by atoms with E-state index in [2.05, 4.69) is 25.3 Å². The molecule has 2 aromatic heterocycles. The number of amides is 1. The number of hydrogen-bond donors (Lipinski definition) is 1. The van der Waals surface area contributed by atoms with E-state index < -0.39 is 9.84 Å². The molecule has 0 spiro atoms. The molecule has 1 amide bonds. The van der Waals surface area contributed by atoms with Gasteiger partial charge in [0.2, 0.25) is 5.89 Å². The van der Waals surface area contributed by atoms with Gasteiger partial charge in [0, 0.05) is 41.9 Å². The van der Waals surface area contributed by atoms with Gasteiger partial charge in [0.05, 0.1) is 4.90 Å². The highest BCUT2D eigenvalue weighted by atomic mass is 32.2. The lowest BCUT2D eigenvalue weighted by atomic mass is 9.96. The Labute approximate surface area is 190 Å². The molecule has 1 aliphatic heterocycles. The van der Waals surface area contributed by atoms with Crippen LogP contribution < -0.4 is 10.2 Å². The standard InChI is InChI=1S/C21H25N5O4S2/c1-13(2)19-24-20(25-30-19)26-10-8-14(9-11-26)17-12-22-21(31-17)23-18(27)15-4-6-16(7-5-15)32(3,28)29/h4-7,12-14H,8-11H2,1-3H3,(H,22,23,27). The molecule has 0 atom stereocenters. The normalized spacial score (nSPS) is 15.3. The van der Waals surface area contributed by atoms with Crippen molar-refractivity contribution < 1.29 is 17.7 Å². The number of carbonyl (C=O) groups is 1. The van der Waals surface area contributed by atoms with Crippen LogP contribution in [0.4, 0.5) is 11.1 Å². The monoisotopic (exact) mass is 475 g/mol. The molecule has 1 N–H and O–H groups in total. The second kappa shape index (κ2) is 8.99. The third-order valence-corrected chi connectivity index (χ3v) is 7.60. The van der Waals surface area contributed by atoms with Gasteiger partial charge < -0.3 is 9.42 Å². The van der Waals surface area contributed by atoms with E-state index >= 15 is 0 Å². The zero-order valence-electron chi connectivity index (χ0n) is 18.1. The first-order chi connectivity index (χ1) is 15.2. The Morgan fingerprint density at radius 2 is 1.91 bits per heavy atom. The second-order valence-corrected chi connectivity index (χ2v) is 11.2. The fourth-order valence-electron chi connectivity index (χ4n) is 3.51. The smallest absolute Gasteiger partial charge is 0.266 e. The summed E-state index contributed by atoms with van der Waals surface area (Å²) in [6.45, 7) is 5.70. The minimum absolute atomic E-state index is 0.179. The molecule has 1 aromatic carbocycles. The summed E-state index contributed by atoms with van der Waals surface area (Å²) in [5.74, 6) is 1.54. The van der Waals surface area contributed by atoms with Crippen LogP contribution in [-0.4, -0.2) is 48.8 Å². The summed E-state index contributed by atoms with van der Waals surface area (Å²) >= 11 is 1.47. The van der Waals surface area contributed by atoms with Gasteiger partial charge in [-0.15, -0.1) is 11.3 Å². The van der Waals surface area contributed by atoms with Crippen molar-refractivity contribution in [2.24, 2.45) is 0 Å². The summed E-state index contributed by atoms with van der Waals surface area (Å²) in [5.41, 5.74) is 0.378. The number of sulfone groups is 1. The van der Waals surface area contributed by atoms with Crippen LogP contribution in [0.25, 0.3) is 0 Å². The number of anilines is 2. The zero-order valence-corrected chi connectivity index (χ0v) is 19.7. The fourth-order valence-corrected chi connectivity index (χ4v) is 5.12. The maximum absolute atomic E-state index is 12.5. The maximum Gasteiger partial charge on any atom is 0.266 e. The fraction of sp³-hybridized carbons (Fsp3) is 0.429. The van der Waals surface area contributed by atoms with Crippen molar-refractivity contribution in [2.45, 2.75) is 43.4 Å². The first-order valence-electron chi connectivity index (χ1n) is 10.4. The Hall–Kier alpha value is -2.79. The van der Waals surface area contributed by atoms with E-state index in [0.717, 1.165) is 37.1 Å². The molecular weight excluding hydrogens is 450 g/mol. The molecule has 9 nitrogen and oxygen atoms in total. The van der Waals surface area contributed by atoms with Crippen LogP contribution in [0.5, 0.6) is 0 Å². The van der Waals surface area contributed by atoms with Crippen LogP contribution in [0.15, 0.2) is 39.9 Å². The average Bonchev–Trinajstić information content (AvgIpc) is 3.43. The Morgan fingerprint density at radius 3 is 2.50 bits per heavy atom. The molecule has 0 radical (unpaired) electrons. The number of nitrogens with one attached hydrogen (secondary N) is 1. The first-order valence-corrected chi connectivity index (χ1v) is 13.1. The molecule has 1 saturated heterocycles. The number of aromatic nitrogens is 3. The quantitative estimate of drug-likeness (QED) is 0.573. The van der Waals surface area contributed by atoms with Gasteiger partial charge in [-0.2, -0.15) is 4.98 Å². The molecule has 0 bridgehead atoms. The topological polar surface area (TPSA) is 118 Å². The van der Waals surface area contributed by atoms with Crippen molar-refractivity contribution >= 4 is 38.2 Å². The van der Waals surface area contributed by atoms with Crippen LogP contribution in [0.1, 0.15) is 59.7 Å². The number of thiazole rings is 1. The van der Waals surface area contributed by atoms with Gasteiger partial charge in [0.15, 0.2) is 15.0 Å². The van der Waals surface area contributed by atoms with Gasteiger partial charge in [0.1, 0.15) is 0 Å². The molecule has 11 heteroatoms. The van der Waals surface area contributed by atoms with E-state index in [-0.39, 0.29) is 16.7 Å². The number of nitrogens with zero attached hydrogens (tertiary/aromatic N) is 4. The van der Waals surface area contributed by atoms with Crippen molar-refractivity contribution in [3.05, 3.63) is 46.8 Å². The molecule has 1 aliphatic rings. The van der Waals surface area contributed by atoms with E-state index in [0.29, 0.717) is 28.5 Å². The molecule has 3 aromatic rings. The van der Waals surface area contributed by atoms with Crippen molar-refractivity contribution in [3.63, 3.8) is 0 Å². The molecule has 0 aliphatic carbocycles. The molecule has 4 rings (SSSR count). The van der Waals surface area contributed by atoms with Gasteiger partial charge in [-0.25, -0.2) is 13.4 Å². The third-order valence-electron chi connectivity index (χ3n) is 5.39. The molecule has 0 unspecified atom stereocenters. The van der Waals surface area contributed by atoms with Crippen LogP contribution in [0, 0.1) is 0 Å². The van der Waals surface area contributed by atoms with E-state index in [4.69, 9.17) is 4.52 Å². The van der Waals surface area contributed by atoms with Crippen molar-refractivity contribution in [2.75, 3.05) is 29.6 Å². The predicted molar refractivity (Wildman–Crippen MR) is 122 cm³/mol. The van der Waals surface area contributed by atoms with Gasteiger partial charge in [-0.05, 0) is 48.2 Å². The van der Waals surface area contributed by atoms with Crippen LogP contribution in [0.3, 0.4) is 0 Å². The number of benzene rings is 1. The van der Waals surface area contributed by atoms with Gasteiger partial charge >= 0.3 is 0 Å². The molecule has 170 valence electrons. The SMILES string of the molecule is CC(C)c1nc(N2CCC(c3cnc(NC(=O)c4ccc(S(C)(=O)=O)cc4)s3)CC2)no1. The van der Waals surface area contributed by atoms with Gasteiger partial charge in [0.25, 0.3) is 11.9 Å². The van der Waals surface area contributed by atoms with Crippen LogP contribution in [-0.2, 0) is 9.84 Å². The van der Waals surface area contributed by atoms with Crippen LogP contribution >= 0.6 is 11.3 Å². The Kier molecular flexibility index (Phi) is 6.29. The summed E-state index contributed by atoms with van der Waals surface area (Å²) in [6, 6.07) is 5.86. The number of rotatable bonds is 6. The van der Waals surface area contributed by atoms with Crippen molar-refractivity contribution in [1.82, 2.24) is 15.1 Å². The average molecular weight is 476 g/mol. The lowest BCUT2D eigenvalue weighted by Crippen LogP contribution is -2.33. The summed E-state index contributed by atoms with van der Waals surface area (Å²) in [7, 11) is -3.30. The molecule has 32 heavy (non-hydrogen) atoms. The second-order valence-electron chi connectivity index (χ2n) is 8.17. The van der Waals surface area contributed by atoms with E-state index in [1.54, 1.807) is 0 Å². The van der Waals surface area contributed by atoms with Crippen molar-refractivity contribution in [3.8, 4) is 0 Å². The first kappa shape index (κ1) is 22.4. The largest absolute Gasteiger partial charge is 0.338 e. The van der Waals surface area contributed by atoms with Gasteiger partial charge in [-0.3, -0.25) is 10.1 Å². The van der Waals surface area contributed by atoms with E-state index in [1.165, 1.54) is 35.6 Å². The third kappa shape index (κ3) is 4.99. The maximum atomic E-state index is 12.5. The van der Waals surface area contributed by atoms with Crippen molar-refractivity contribution in [1.29, 1.82) is 0 Å². The van der Waals surface area contributed by atoms with Gasteiger partial charge in [-0.1, -0.05) is 13.8 Å². The highest BCUT2D eigenvalue weighted by Gasteiger charge is 2.25. The number of carbonyl (C=O) groups excluding carboxylic acids is 1. The number of hydrogen-bond acceptors (Lipinski definition) is 9. The Bertz CT molecular complexity index is 1190. The predicted octanol–water partition coefficient (Wildman–Crippen LogP) is 3.69. The molecule has 1 fully saturated rings. The minimum atomic E-state index is -3.30. The lowest BCUT2D eigenvalue weighted by Gasteiger charge is -2.30.